The zero-order chi connectivity index (χ0) is 21.0. The third-order valence-corrected chi connectivity index (χ3v) is 5.75. The fourth-order valence-corrected chi connectivity index (χ4v) is 4.32. The van der Waals surface area contributed by atoms with Crippen molar-refractivity contribution in [3.63, 3.8) is 0 Å². The molecule has 2 aromatic carbocycles. The van der Waals surface area contributed by atoms with Crippen LogP contribution < -0.4 is 19.9 Å². The van der Waals surface area contributed by atoms with Crippen LogP contribution in [-0.2, 0) is 11.3 Å². The van der Waals surface area contributed by atoms with Crippen molar-refractivity contribution in [3.8, 4) is 5.75 Å². The normalized spacial score (nSPS) is 19.1. The molecule has 0 atom stereocenters. The van der Waals surface area contributed by atoms with E-state index in [1.807, 2.05) is 26.0 Å². The van der Waals surface area contributed by atoms with E-state index in [0.29, 0.717) is 17.3 Å². The van der Waals surface area contributed by atoms with Crippen LogP contribution in [0.5, 0.6) is 5.75 Å². The first-order valence-electron chi connectivity index (χ1n) is 9.92. The Labute approximate surface area is 176 Å². The minimum Gasteiger partial charge on any atom is -0.496 e. The number of amides is 1. The topological polar surface area (TPSA) is 47.2 Å². The van der Waals surface area contributed by atoms with Gasteiger partial charge in [-0.2, -0.15) is 0 Å². The molecule has 1 aliphatic rings. The minimum atomic E-state index is -0.244. The molecule has 0 spiro atoms. The third kappa shape index (κ3) is 5.69. The summed E-state index contributed by atoms with van der Waals surface area (Å²) in [5.74, 6) is 0.452. The van der Waals surface area contributed by atoms with Crippen LogP contribution in [0.2, 0.25) is 5.02 Å². The highest BCUT2D eigenvalue weighted by Gasteiger charge is 2.26. The molecule has 1 saturated heterocycles. The predicted octanol–water partition coefficient (Wildman–Crippen LogP) is 1.03. The van der Waals surface area contributed by atoms with Gasteiger partial charge in [-0.05, 0) is 49.2 Å². The van der Waals surface area contributed by atoms with Gasteiger partial charge in [-0.3, -0.25) is 4.79 Å². The fourth-order valence-electron chi connectivity index (χ4n) is 3.95. The number of quaternary nitrogens is 2. The maximum Gasteiger partial charge on any atom is 0.279 e. The van der Waals surface area contributed by atoms with Crippen LogP contribution >= 0.6 is 11.6 Å². The summed E-state index contributed by atoms with van der Waals surface area (Å²) in [4.78, 5) is 15.1. The molecule has 1 amide bonds. The van der Waals surface area contributed by atoms with Gasteiger partial charge >= 0.3 is 0 Å². The second-order valence-electron chi connectivity index (χ2n) is 7.80. The maximum atomic E-state index is 13.6. The summed E-state index contributed by atoms with van der Waals surface area (Å²) < 4.78 is 18.9. The molecule has 3 rings (SSSR count). The quantitative estimate of drug-likeness (QED) is 0.652. The summed E-state index contributed by atoms with van der Waals surface area (Å²) in [6, 6.07) is 8.51. The van der Waals surface area contributed by atoms with Crippen molar-refractivity contribution in [2.75, 3.05) is 45.2 Å². The number of halogens is 2. The first-order chi connectivity index (χ1) is 13.9. The van der Waals surface area contributed by atoms with Crippen LogP contribution in [0.25, 0.3) is 0 Å². The SMILES string of the molecule is COc1ccc(F)cc1C[NH+]1CC[NH+](CC(=O)Nc2c(C)cc(C)cc2Cl)CC1. The smallest absolute Gasteiger partial charge is 0.279 e. The fraction of sp³-hybridized carbons (Fsp3) is 0.409. The van der Waals surface area contributed by atoms with Crippen LogP contribution in [0.4, 0.5) is 10.1 Å². The largest absolute Gasteiger partial charge is 0.496 e. The summed E-state index contributed by atoms with van der Waals surface area (Å²) in [7, 11) is 1.61. The minimum absolute atomic E-state index is 0.0240. The lowest BCUT2D eigenvalue weighted by Crippen LogP contribution is -3.28. The lowest BCUT2D eigenvalue weighted by molar-refractivity contribution is -1.02. The van der Waals surface area contributed by atoms with Crippen molar-refractivity contribution in [1.82, 2.24) is 0 Å². The van der Waals surface area contributed by atoms with Gasteiger partial charge < -0.3 is 19.9 Å². The van der Waals surface area contributed by atoms with Crippen LogP contribution in [0.3, 0.4) is 0 Å². The number of hydrogen-bond acceptors (Lipinski definition) is 2. The van der Waals surface area contributed by atoms with Gasteiger partial charge in [-0.1, -0.05) is 17.7 Å². The van der Waals surface area contributed by atoms with Crippen LogP contribution in [0, 0.1) is 19.7 Å². The standard InChI is InChI=1S/C22H27ClFN3O2/c1-15-10-16(2)22(19(23)11-15)25-21(28)14-27-8-6-26(7-9-27)13-17-12-18(24)4-5-20(17)29-3/h4-5,10-12H,6-9,13-14H2,1-3H3,(H,25,28)/p+2. The van der Waals surface area contributed by atoms with Crippen molar-refractivity contribution in [2.45, 2.75) is 20.4 Å². The van der Waals surface area contributed by atoms with E-state index in [-0.39, 0.29) is 11.7 Å². The van der Waals surface area contributed by atoms with E-state index in [1.54, 1.807) is 19.2 Å². The highest BCUT2D eigenvalue weighted by Crippen LogP contribution is 2.27. The molecule has 1 fully saturated rings. The van der Waals surface area contributed by atoms with Gasteiger partial charge in [0.25, 0.3) is 5.91 Å². The highest BCUT2D eigenvalue weighted by molar-refractivity contribution is 6.34. The van der Waals surface area contributed by atoms with E-state index < -0.39 is 0 Å². The van der Waals surface area contributed by atoms with E-state index in [4.69, 9.17) is 16.3 Å². The number of hydrogen-bond donors (Lipinski definition) is 3. The lowest BCUT2D eigenvalue weighted by Gasteiger charge is -2.29. The molecular formula is C22H29ClFN3O2+2. The molecule has 1 aliphatic heterocycles. The van der Waals surface area contributed by atoms with E-state index in [2.05, 4.69) is 5.32 Å². The molecule has 0 aromatic heterocycles. The monoisotopic (exact) mass is 421 g/mol. The highest BCUT2D eigenvalue weighted by atomic mass is 35.5. The second-order valence-corrected chi connectivity index (χ2v) is 8.20. The lowest BCUT2D eigenvalue weighted by atomic mass is 10.1. The summed E-state index contributed by atoms with van der Waals surface area (Å²) >= 11 is 6.29. The molecule has 156 valence electrons. The van der Waals surface area contributed by atoms with E-state index in [9.17, 15) is 9.18 Å². The molecule has 2 aromatic rings. The zero-order valence-corrected chi connectivity index (χ0v) is 18.0. The van der Waals surface area contributed by atoms with Crippen LogP contribution in [0.1, 0.15) is 16.7 Å². The molecule has 0 unspecified atom stereocenters. The number of benzene rings is 2. The molecule has 0 bridgehead atoms. The molecule has 7 heteroatoms. The van der Waals surface area contributed by atoms with Crippen molar-refractivity contribution >= 4 is 23.2 Å². The Morgan fingerprint density at radius 1 is 1.14 bits per heavy atom. The number of anilines is 1. The van der Waals surface area contributed by atoms with Gasteiger partial charge in [0.2, 0.25) is 0 Å². The van der Waals surface area contributed by atoms with Gasteiger partial charge in [-0.25, -0.2) is 4.39 Å². The Kier molecular flexibility index (Phi) is 7.11. The zero-order valence-electron chi connectivity index (χ0n) is 17.2. The third-order valence-electron chi connectivity index (χ3n) is 5.45. The number of nitrogens with one attached hydrogen (secondary N) is 3. The molecule has 0 radical (unpaired) electrons. The Hall–Kier alpha value is -2.15. The van der Waals surface area contributed by atoms with E-state index in [1.165, 1.54) is 15.9 Å². The van der Waals surface area contributed by atoms with E-state index in [0.717, 1.165) is 55.2 Å². The molecular weight excluding hydrogens is 393 g/mol. The van der Waals surface area contributed by atoms with Crippen LogP contribution in [-0.4, -0.2) is 45.7 Å². The maximum absolute atomic E-state index is 13.6. The second kappa shape index (κ2) is 9.57. The van der Waals surface area contributed by atoms with Gasteiger partial charge in [0.15, 0.2) is 6.54 Å². The molecule has 3 N–H and O–H groups in total. The Balaban J connectivity index is 1.51. The average Bonchev–Trinajstić information content (AvgIpc) is 2.66. The Bertz CT molecular complexity index is 859. The number of methoxy groups -OCH3 is 1. The number of ether oxygens (including phenoxy) is 1. The van der Waals surface area contributed by atoms with Gasteiger partial charge in [0, 0.05) is 0 Å². The molecule has 0 aliphatic carbocycles. The number of rotatable bonds is 6. The number of carbonyl (C=O) groups excluding carboxylic acids is 1. The Morgan fingerprint density at radius 3 is 2.48 bits per heavy atom. The van der Waals surface area contributed by atoms with Gasteiger partial charge in [-0.15, -0.1) is 0 Å². The number of carbonyl (C=O) groups is 1. The van der Waals surface area contributed by atoms with Crippen molar-refractivity contribution in [2.24, 2.45) is 0 Å². The van der Waals surface area contributed by atoms with Crippen molar-refractivity contribution < 1.29 is 23.7 Å². The number of aryl methyl sites for hydroxylation is 2. The summed E-state index contributed by atoms with van der Waals surface area (Å²) in [5.41, 5.74) is 3.62. The Morgan fingerprint density at radius 2 is 1.83 bits per heavy atom. The molecule has 5 nitrogen and oxygen atoms in total. The molecule has 0 saturated carbocycles. The predicted molar refractivity (Wildman–Crippen MR) is 112 cm³/mol. The van der Waals surface area contributed by atoms with Gasteiger partial charge in [0.05, 0.1) is 23.4 Å². The van der Waals surface area contributed by atoms with Crippen molar-refractivity contribution in [1.29, 1.82) is 0 Å². The molecule has 29 heavy (non-hydrogen) atoms. The van der Waals surface area contributed by atoms with Crippen LogP contribution in [0.15, 0.2) is 30.3 Å². The van der Waals surface area contributed by atoms with Gasteiger partial charge in [0.1, 0.15) is 44.3 Å². The first-order valence-corrected chi connectivity index (χ1v) is 10.3. The van der Waals surface area contributed by atoms with Crippen molar-refractivity contribution in [3.05, 3.63) is 57.9 Å². The average molecular weight is 422 g/mol. The number of piperazine rings is 1. The first kappa shape index (κ1) is 21.6. The molecule has 1 heterocycles. The van der Waals surface area contributed by atoms with E-state index >= 15 is 0 Å². The summed E-state index contributed by atoms with van der Waals surface area (Å²) in [5, 5.41) is 3.54. The summed E-state index contributed by atoms with van der Waals surface area (Å²) in [6.45, 7) is 8.69. The summed E-state index contributed by atoms with van der Waals surface area (Å²) in [6.07, 6.45) is 0.